The van der Waals surface area contributed by atoms with Gasteiger partial charge in [-0.2, -0.15) is 0 Å². The number of piperazine rings is 1. The topological polar surface area (TPSA) is 65.5 Å². The average molecular weight is 415 g/mol. The molecule has 1 saturated heterocycles. The van der Waals surface area contributed by atoms with Gasteiger partial charge in [0.05, 0.1) is 17.7 Å². The summed E-state index contributed by atoms with van der Waals surface area (Å²) < 4.78 is 0. The molecule has 2 aromatic rings. The highest BCUT2D eigenvalue weighted by molar-refractivity contribution is 7.13. The molecule has 2 amide bonds. The Hall–Kier alpha value is -2.25. The summed E-state index contributed by atoms with van der Waals surface area (Å²) in [6.07, 6.45) is 1.69. The summed E-state index contributed by atoms with van der Waals surface area (Å²) in [5, 5.41) is 4.01. The number of para-hydroxylation sites is 1. The number of rotatable bonds is 4. The molecular formula is C22H30N4O2S. The standard InChI is InChI=1S/C22H30N4O2S/c1-15-7-6-8-16(2)19(15)24-18(27)14-25-9-11-26(12-10-25)20(28)17-13-23-21(29-17)22(3,4)5/h6-8,13H,9-12,14H2,1-5H3,(H,24,27). The van der Waals surface area contributed by atoms with E-state index in [4.69, 9.17) is 0 Å². The fourth-order valence-electron chi connectivity index (χ4n) is 3.38. The molecule has 0 atom stereocenters. The molecule has 0 saturated carbocycles. The van der Waals surface area contributed by atoms with Crippen LogP contribution in [-0.2, 0) is 10.2 Å². The number of hydrogen-bond acceptors (Lipinski definition) is 5. The summed E-state index contributed by atoms with van der Waals surface area (Å²) in [7, 11) is 0. The van der Waals surface area contributed by atoms with Crippen LogP contribution in [0.5, 0.6) is 0 Å². The summed E-state index contributed by atoms with van der Waals surface area (Å²) in [5.74, 6) is 0.0251. The van der Waals surface area contributed by atoms with Crippen LogP contribution in [0.25, 0.3) is 0 Å². The van der Waals surface area contributed by atoms with Crippen LogP contribution < -0.4 is 5.32 Å². The molecule has 6 nitrogen and oxygen atoms in total. The SMILES string of the molecule is Cc1cccc(C)c1NC(=O)CN1CCN(C(=O)c2cnc(C(C)(C)C)s2)CC1. The van der Waals surface area contributed by atoms with E-state index < -0.39 is 0 Å². The molecule has 0 bridgehead atoms. The molecular weight excluding hydrogens is 384 g/mol. The maximum atomic E-state index is 12.8. The zero-order valence-corrected chi connectivity index (χ0v) is 18.7. The van der Waals surface area contributed by atoms with E-state index in [-0.39, 0.29) is 17.2 Å². The van der Waals surface area contributed by atoms with Gasteiger partial charge in [0.25, 0.3) is 5.91 Å². The fourth-order valence-corrected chi connectivity index (χ4v) is 4.32. The number of thiazole rings is 1. The van der Waals surface area contributed by atoms with Gasteiger partial charge in [-0.3, -0.25) is 14.5 Å². The lowest BCUT2D eigenvalue weighted by molar-refractivity contribution is -0.117. The van der Waals surface area contributed by atoms with E-state index >= 15 is 0 Å². The molecule has 0 aliphatic carbocycles. The minimum atomic E-state index is -0.0509. The maximum Gasteiger partial charge on any atom is 0.265 e. The average Bonchev–Trinajstić information content (AvgIpc) is 3.15. The minimum Gasteiger partial charge on any atom is -0.335 e. The van der Waals surface area contributed by atoms with Gasteiger partial charge in [-0.1, -0.05) is 39.0 Å². The Labute approximate surface area is 176 Å². The highest BCUT2D eigenvalue weighted by atomic mass is 32.1. The summed E-state index contributed by atoms with van der Waals surface area (Å²) in [6, 6.07) is 5.99. The molecule has 1 aromatic carbocycles. The normalized spacial score (nSPS) is 15.4. The number of nitrogens with one attached hydrogen (secondary N) is 1. The van der Waals surface area contributed by atoms with Crippen molar-refractivity contribution in [2.75, 3.05) is 38.0 Å². The summed E-state index contributed by atoms with van der Waals surface area (Å²) >= 11 is 1.48. The van der Waals surface area contributed by atoms with E-state index in [0.717, 1.165) is 21.8 Å². The number of nitrogens with zero attached hydrogens (tertiary/aromatic N) is 3. The van der Waals surface area contributed by atoms with Gasteiger partial charge in [0.1, 0.15) is 4.88 Å². The largest absolute Gasteiger partial charge is 0.335 e. The summed E-state index contributed by atoms with van der Waals surface area (Å²) in [6.45, 7) is 13.3. The Bertz CT molecular complexity index is 872. The first kappa shape index (κ1) is 21.5. The van der Waals surface area contributed by atoms with Crippen molar-refractivity contribution in [3.05, 3.63) is 45.4 Å². The smallest absolute Gasteiger partial charge is 0.265 e. The monoisotopic (exact) mass is 414 g/mol. The van der Waals surface area contributed by atoms with Gasteiger partial charge in [0.15, 0.2) is 0 Å². The molecule has 0 unspecified atom stereocenters. The van der Waals surface area contributed by atoms with Crippen molar-refractivity contribution >= 4 is 28.8 Å². The summed E-state index contributed by atoms with van der Waals surface area (Å²) in [5.41, 5.74) is 2.97. The quantitative estimate of drug-likeness (QED) is 0.832. The Morgan fingerprint density at radius 1 is 1.10 bits per heavy atom. The molecule has 156 valence electrons. The highest BCUT2D eigenvalue weighted by Crippen LogP contribution is 2.27. The van der Waals surface area contributed by atoms with E-state index in [1.165, 1.54) is 11.3 Å². The van der Waals surface area contributed by atoms with Crippen LogP contribution >= 0.6 is 11.3 Å². The number of hydrogen-bond donors (Lipinski definition) is 1. The molecule has 1 aliphatic heterocycles. The number of aryl methyl sites for hydroxylation is 2. The Morgan fingerprint density at radius 2 is 1.72 bits per heavy atom. The second kappa shape index (κ2) is 8.63. The number of amides is 2. The van der Waals surface area contributed by atoms with Gasteiger partial charge < -0.3 is 10.2 Å². The fraction of sp³-hybridized carbons (Fsp3) is 0.500. The number of carbonyl (C=O) groups is 2. The van der Waals surface area contributed by atoms with Gasteiger partial charge in [-0.15, -0.1) is 11.3 Å². The van der Waals surface area contributed by atoms with Crippen LogP contribution in [0.4, 0.5) is 5.69 Å². The van der Waals surface area contributed by atoms with Crippen LogP contribution in [0.15, 0.2) is 24.4 Å². The molecule has 29 heavy (non-hydrogen) atoms. The van der Waals surface area contributed by atoms with Gasteiger partial charge in [-0.05, 0) is 25.0 Å². The van der Waals surface area contributed by atoms with Crippen molar-refractivity contribution in [1.29, 1.82) is 0 Å². The van der Waals surface area contributed by atoms with Gasteiger partial charge in [0, 0.05) is 37.3 Å². The minimum absolute atomic E-state index is 0.0144. The molecule has 7 heteroatoms. The van der Waals surface area contributed by atoms with Crippen LogP contribution in [0, 0.1) is 13.8 Å². The second-order valence-electron chi connectivity index (χ2n) is 8.66. The van der Waals surface area contributed by atoms with E-state index in [2.05, 4.69) is 36.0 Å². The van der Waals surface area contributed by atoms with Crippen LogP contribution in [0.2, 0.25) is 0 Å². The van der Waals surface area contributed by atoms with Gasteiger partial charge >= 0.3 is 0 Å². The maximum absolute atomic E-state index is 12.8. The van der Waals surface area contributed by atoms with E-state index in [1.807, 2.05) is 36.9 Å². The first-order valence-corrected chi connectivity index (χ1v) is 10.8. The van der Waals surface area contributed by atoms with Crippen molar-refractivity contribution < 1.29 is 9.59 Å². The van der Waals surface area contributed by atoms with Crippen molar-refractivity contribution in [2.45, 2.75) is 40.0 Å². The molecule has 1 N–H and O–H groups in total. The lowest BCUT2D eigenvalue weighted by Gasteiger charge is -2.34. The molecule has 3 rings (SSSR count). The lowest BCUT2D eigenvalue weighted by atomic mass is 9.98. The predicted octanol–water partition coefficient (Wildman–Crippen LogP) is 3.45. The van der Waals surface area contributed by atoms with Crippen molar-refractivity contribution in [2.24, 2.45) is 0 Å². The predicted molar refractivity (Wildman–Crippen MR) is 118 cm³/mol. The van der Waals surface area contributed by atoms with E-state index in [1.54, 1.807) is 6.20 Å². The molecule has 1 aliphatic rings. The molecule has 0 spiro atoms. The molecule has 2 heterocycles. The van der Waals surface area contributed by atoms with Crippen molar-refractivity contribution in [1.82, 2.24) is 14.8 Å². The summed E-state index contributed by atoms with van der Waals surface area (Å²) in [4.78, 5) is 34.3. The van der Waals surface area contributed by atoms with E-state index in [9.17, 15) is 9.59 Å². The molecule has 1 fully saturated rings. The number of benzene rings is 1. The van der Waals surface area contributed by atoms with Crippen molar-refractivity contribution in [3.8, 4) is 0 Å². The van der Waals surface area contributed by atoms with Crippen LogP contribution in [-0.4, -0.2) is 59.3 Å². The van der Waals surface area contributed by atoms with Crippen LogP contribution in [0.3, 0.4) is 0 Å². The third kappa shape index (κ3) is 5.22. The Kier molecular flexibility index (Phi) is 6.39. The third-order valence-electron chi connectivity index (χ3n) is 5.13. The zero-order valence-electron chi connectivity index (χ0n) is 17.9. The van der Waals surface area contributed by atoms with Crippen LogP contribution in [0.1, 0.15) is 46.6 Å². The molecule has 0 radical (unpaired) electrons. The highest BCUT2D eigenvalue weighted by Gasteiger charge is 2.26. The van der Waals surface area contributed by atoms with Gasteiger partial charge in [-0.25, -0.2) is 4.98 Å². The van der Waals surface area contributed by atoms with Crippen molar-refractivity contribution in [3.63, 3.8) is 0 Å². The Morgan fingerprint density at radius 3 is 2.28 bits per heavy atom. The molecule has 1 aromatic heterocycles. The zero-order chi connectivity index (χ0) is 21.2. The third-order valence-corrected chi connectivity index (χ3v) is 6.54. The van der Waals surface area contributed by atoms with E-state index in [0.29, 0.717) is 37.6 Å². The number of carbonyl (C=O) groups excluding carboxylic acids is 2. The lowest BCUT2D eigenvalue weighted by Crippen LogP contribution is -2.50. The Balaban J connectivity index is 1.52. The number of aromatic nitrogens is 1. The first-order valence-electron chi connectivity index (χ1n) is 9.99. The van der Waals surface area contributed by atoms with Gasteiger partial charge in [0.2, 0.25) is 5.91 Å². The number of anilines is 1. The second-order valence-corrected chi connectivity index (χ2v) is 9.69. The first-order chi connectivity index (χ1) is 13.6.